The van der Waals surface area contributed by atoms with Gasteiger partial charge in [0.15, 0.2) is 11.5 Å². The number of nitrogens with zero attached hydrogens (tertiary/aromatic N) is 5. The molecule has 38 heavy (non-hydrogen) atoms. The molecule has 1 amide bonds. The molecule has 4 aromatic rings. The van der Waals surface area contributed by atoms with Crippen LogP contribution in [-0.4, -0.2) is 61.7 Å². The molecule has 0 spiro atoms. The zero-order chi connectivity index (χ0) is 25.6. The summed E-state index contributed by atoms with van der Waals surface area (Å²) < 4.78 is 43.9. The summed E-state index contributed by atoms with van der Waals surface area (Å²) in [6.07, 6.45) is -2.53. The van der Waals surface area contributed by atoms with E-state index >= 15 is 0 Å². The Labute approximate surface area is 229 Å². The molecule has 1 aromatic carbocycles. The van der Waals surface area contributed by atoms with Crippen molar-refractivity contribution in [2.45, 2.75) is 44.6 Å². The van der Waals surface area contributed by atoms with Gasteiger partial charge in [-0.25, -0.2) is 4.98 Å². The van der Waals surface area contributed by atoms with E-state index in [1.54, 1.807) is 24.3 Å². The van der Waals surface area contributed by atoms with Crippen LogP contribution in [0.2, 0.25) is 0 Å². The number of carbonyl (C=O) groups is 1. The number of aromatic nitrogens is 4. The number of nitrogens with two attached hydrogens (primary N) is 1. The van der Waals surface area contributed by atoms with Crippen LogP contribution >= 0.6 is 24.8 Å². The molecule has 13 heteroatoms. The van der Waals surface area contributed by atoms with Crippen LogP contribution in [0.25, 0.3) is 28.1 Å². The number of benzene rings is 1. The van der Waals surface area contributed by atoms with Gasteiger partial charge < -0.3 is 11.1 Å². The molecular weight excluding hydrogens is 542 g/mol. The fourth-order valence-electron chi connectivity index (χ4n) is 4.63. The molecule has 4 heterocycles. The average Bonchev–Trinajstić information content (AvgIpc) is 3.43. The van der Waals surface area contributed by atoms with Gasteiger partial charge in [0.05, 0.1) is 5.52 Å². The highest BCUT2D eigenvalue weighted by atomic mass is 35.5. The lowest BCUT2D eigenvalue weighted by Crippen LogP contribution is -2.38. The molecule has 0 bridgehead atoms. The lowest BCUT2D eigenvalue weighted by Gasteiger charge is -2.30. The van der Waals surface area contributed by atoms with E-state index in [0.717, 1.165) is 5.39 Å². The Morgan fingerprint density at radius 2 is 1.84 bits per heavy atom. The minimum atomic E-state index is -4.47. The maximum absolute atomic E-state index is 14.1. The fourth-order valence-corrected chi connectivity index (χ4v) is 4.63. The predicted molar refractivity (Wildman–Crippen MR) is 144 cm³/mol. The largest absolute Gasteiger partial charge is 0.408 e. The Hall–Kier alpha value is -2.99. The van der Waals surface area contributed by atoms with E-state index in [2.05, 4.69) is 20.5 Å². The number of halogens is 5. The van der Waals surface area contributed by atoms with E-state index in [4.69, 9.17) is 5.73 Å². The minimum absolute atomic E-state index is 0. The van der Waals surface area contributed by atoms with Crippen LogP contribution in [0.15, 0.2) is 48.7 Å². The minimum Gasteiger partial charge on any atom is -0.350 e. The molecule has 3 aromatic heterocycles. The maximum atomic E-state index is 14.1. The molecule has 0 saturated carbocycles. The molecule has 0 radical (unpaired) electrons. The summed E-state index contributed by atoms with van der Waals surface area (Å²) in [4.78, 5) is 18.4. The van der Waals surface area contributed by atoms with E-state index < -0.39 is 12.2 Å². The topological polar surface area (TPSA) is 101 Å². The van der Waals surface area contributed by atoms with E-state index in [-0.39, 0.29) is 61.5 Å². The summed E-state index contributed by atoms with van der Waals surface area (Å²) >= 11 is 0. The summed E-state index contributed by atoms with van der Waals surface area (Å²) in [6.45, 7) is 4.20. The highest BCUT2D eigenvalue weighted by Crippen LogP contribution is 2.39. The van der Waals surface area contributed by atoms with Crippen LogP contribution in [0.4, 0.5) is 13.2 Å². The predicted octanol–water partition coefficient (Wildman–Crippen LogP) is 4.56. The van der Waals surface area contributed by atoms with Crippen LogP contribution < -0.4 is 11.1 Å². The monoisotopic (exact) mass is 569 g/mol. The van der Waals surface area contributed by atoms with Gasteiger partial charge >= 0.3 is 6.18 Å². The van der Waals surface area contributed by atoms with Crippen molar-refractivity contribution in [2.75, 3.05) is 13.1 Å². The summed E-state index contributed by atoms with van der Waals surface area (Å²) in [6, 6.07) is 9.66. The van der Waals surface area contributed by atoms with Crippen molar-refractivity contribution < 1.29 is 18.0 Å². The molecule has 204 valence electrons. The average molecular weight is 570 g/mol. The Bertz CT molecular complexity index is 1440. The number of likely N-dealkylation sites (tertiary alicyclic amines) is 1. The van der Waals surface area contributed by atoms with Gasteiger partial charge in [-0.05, 0) is 50.1 Å². The first kappa shape index (κ1) is 29.6. The number of rotatable bonds is 5. The highest BCUT2D eigenvalue weighted by Gasteiger charge is 2.46. The number of carbonyl (C=O) groups excluding carboxylic acids is 1. The molecule has 0 unspecified atom stereocenters. The first-order valence-electron chi connectivity index (χ1n) is 11.7. The van der Waals surface area contributed by atoms with Gasteiger partial charge in [0.2, 0.25) is 0 Å². The second-order valence-electron chi connectivity index (χ2n) is 9.43. The number of fused-ring (bicyclic) bond motifs is 2. The second kappa shape index (κ2) is 11.4. The van der Waals surface area contributed by atoms with Crippen LogP contribution in [0.3, 0.4) is 0 Å². The molecule has 2 atom stereocenters. The third-order valence-electron chi connectivity index (χ3n) is 6.28. The Kier molecular flexibility index (Phi) is 8.87. The van der Waals surface area contributed by atoms with Crippen molar-refractivity contribution >= 4 is 47.3 Å². The number of hydrogen-bond donors (Lipinski definition) is 2. The smallest absolute Gasteiger partial charge is 0.350 e. The quantitative estimate of drug-likeness (QED) is 0.365. The maximum Gasteiger partial charge on any atom is 0.408 e. The van der Waals surface area contributed by atoms with Gasteiger partial charge in [0, 0.05) is 42.3 Å². The molecule has 3 N–H and O–H groups in total. The number of nitrogens with one attached hydrogen (secondary N) is 1. The number of hydrogen-bond acceptors (Lipinski definition) is 6. The Morgan fingerprint density at radius 3 is 2.50 bits per heavy atom. The van der Waals surface area contributed by atoms with E-state index in [0.29, 0.717) is 34.7 Å². The van der Waals surface area contributed by atoms with Gasteiger partial charge in [0.1, 0.15) is 11.7 Å². The molecule has 1 saturated heterocycles. The SMILES string of the molecule is CC(C)NC(=O)c1ccc2ccc(-c3nnc4ccc([C@@H](N5CC[C@@H](N)C5)C(F)(F)F)cn34)nc2c1.Cl.Cl. The molecular formula is C25H28Cl2F3N7O. The Balaban J connectivity index is 0.00000200. The van der Waals surface area contributed by atoms with Crippen LogP contribution in [0.5, 0.6) is 0 Å². The third kappa shape index (κ3) is 5.85. The zero-order valence-corrected chi connectivity index (χ0v) is 22.3. The lowest BCUT2D eigenvalue weighted by molar-refractivity contribution is -0.183. The molecule has 1 fully saturated rings. The normalized spacial score (nSPS) is 16.9. The summed E-state index contributed by atoms with van der Waals surface area (Å²) in [5.41, 5.74) is 7.83. The van der Waals surface area contributed by atoms with Gasteiger partial charge in [-0.1, -0.05) is 18.2 Å². The molecule has 8 nitrogen and oxygen atoms in total. The van der Waals surface area contributed by atoms with E-state index in [1.165, 1.54) is 27.6 Å². The summed E-state index contributed by atoms with van der Waals surface area (Å²) in [5, 5.41) is 12.0. The van der Waals surface area contributed by atoms with Crippen molar-refractivity contribution in [1.82, 2.24) is 29.8 Å². The van der Waals surface area contributed by atoms with Crippen molar-refractivity contribution in [2.24, 2.45) is 5.73 Å². The fraction of sp³-hybridized carbons (Fsp3) is 0.360. The molecule has 1 aliphatic rings. The van der Waals surface area contributed by atoms with Crippen molar-refractivity contribution in [3.8, 4) is 11.5 Å². The van der Waals surface area contributed by atoms with Gasteiger partial charge in [-0.3, -0.25) is 14.1 Å². The summed E-state index contributed by atoms with van der Waals surface area (Å²) in [5.74, 6) is 0.0985. The van der Waals surface area contributed by atoms with E-state index in [9.17, 15) is 18.0 Å². The van der Waals surface area contributed by atoms with Crippen molar-refractivity contribution in [3.05, 3.63) is 59.8 Å². The van der Waals surface area contributed by atoms with E-state index in [1.807, 2.05) is 19.9 Å². The van der Waals surface area contributed by atoms with Gasteiger partial charge in [-0.2, -0.15) is 13.2 Å². The lowest BCUT2D eigenvalue weighted by atomic mass is 10.1. The van der Waals surface area contributed by atoms with Gasteiger partial charge in [0.25, 0.3) is 5.91 Å². The number of pyridine rings is 2. The standard InChI is InChI=1S/C25H26F3N7O.2ClH/c1-14(2)30-24(36)16-4-3-15-5-7-19(31-20(15)11-16)23-33-32-21-8-6-17(12-35(21)23)22(25(26,27)28)34-10-9-18(29)13-34;;/h3-8,11-12,14,18,22H,9-10,13,29H2,1-2H3,(H,30,36);2*1H/t18-,22-;;/m1../s1. The van der Waals surface area contributed by atoms with Crippen molar-refractivity contribution in [3.63, 3.8) is 0 Å². The third-order valence-corrected chi connectivity index (χ3v) is 6.28. The molecule has 5 rings (SSSR count). The van der Waals surface area contributed by atoms with Crippen molar-refractivity contribution in [1.29, 1.82) is 0 Å². The molecule has 0 aliphatic carbocycles. The van der Waals surface area contributed by atoms with Crippen LogP contribution in [0, 0.1) is 0 Å². The highest BCUT2D eigenvalue weighted by molar-refractivity contribution is 5.98. The second-order valence-corrected chi connectivity index (χ2v) is 9.43. The first-order valence-corrected chi connectivity index (χ1v) is 11.7. The van der Waals surface area contributed by atoms with Gasteiger partial charge in [-0.15, -0.1) is 35.0 Å². The Morgan fingerprint density at radius 1 is 1.11 bits per heavy atom. The first-order chi connectivity index (χ1) is 17.1. The number of amides is 1. The zero-order valence-electron chi connectivity index (χ0n) is 20.6. The summed E-state index contributed by atoms with van der Waals surface area (Å²) in [7, 11) is 0. The van der Waals surface area contributed by atoms with Crippen LogP contribution in [-0.2, 0) is 0 Å². The molecule has 1 aliphatic heterocycles. The van der Waals surface area contributed by atoms with Crippen LogP contribution in [0.1, 0.15) is 42.2 Å². The number of alkyl halides is 3.